The Morgan fingerprint density at radius 3 is 2.68 bits per heavy atom. The van der Waals surface area contributed by atoms with Gasteiger partial charge in [0, 0.05) is 12.5 Å². The molecule has 0 atom stereocenters. The minimum atomic E-state index is -0.0635. The fourth-order valence-corrected chi connectivity index (χ4v) is 5.71. The number of nitrogens with zero attached hydrogens (tertiary/aromatic N) is 4. The van der Waals surface area contributed by atoms with E-state index in [9.17, 15) is 4.79 Å². The predicted molar refractivity (Wildman–Crippen MR) is 136 cm³/mol. The molecule has 0 bridgehead atoms. The van der Waals surface area contributed by atoms with Crippen molar-refractivity contribution in [3.05, 3.63) is 65.2 Å². The second-order valence-corrected chi connectivity index (χ2v) is 9.96. The van der Waals surface area contributed by atoms with Crippen LogP contribution in [0.15, 0.2) is 47.6 Å². The molecule has 5 rings (SSSR count). The highest BCUT2D eigenvalue weighted by atomic mass is 32.2. The first-order valence-electron chi connectivity index (χ1n) is 11.9. The number of aromatic nitrogens is 5. The fourth-order valence-electron chi connectivity index (χ4n) is 4.89. The van der Waals surface area contributed by atoms with Crippen molar-refractivity contribution in [2.75, 3.05) is 11.1 Å². The smallest absolute Gasteiger partial charge is 0.234 e. The molecule has 1 aliphatic rings. The lowest BCUT2D eigenvalue weighted by atomic mass is 9.95. The third-order valence-electron chi connectivity index (χ3n) is 6.63. The first-order valence-corrected chi connectivity index (χ1v) is 12.9. The maximum absolute atomic E-state index is 12.7. The van der Waals surface area contributed by atoms with Crippen molar-refractivity contribution >= 4 is 34.1 Å². The number of rotatable bonds is 7. The Kier molecular flexibility index (Phi) is 6.67. The number of aryl methyl sites for hydroxylation is 2. The van der Waals surface area contributed by atoms with Crippen molar-refractivity contribution in [1.82, 2.24) is 25.0 Å². The quantitative estimate of drug-likeness (QED) is 0.341. The van der Waals surface area contributed by atoms with Crippen molar-refractivity contribution < 1.29 is 4.79 Å². The van der Waals surface area contributed by atoms with Gasteiger partial charge in [-0.15, -0.1) is 10.2 Å². The normalized spacial score (nSPS) is 14.5. The molecule has 0 unspecified atom stereocenters. The molecule has 1 fully saturated rings. The van der Waals surface area contributed by atoms with E-state index >= 15 is 0 Å². The molecule has 0 spiro atoms. The number of benzene rings is 2. The zero-order valence-electron chi connectivity index (χ0n) is 19.7. The van der Waals surface area contributed by atoms with Crippen LogP contribution in [0.1, 0.15) is 60.9 Å². The highest BCUT2D eigenvalue weighted by Gasteiger charge is 2.24. The summed E-state index contributed by atoms with van der Waals surface area (Å²) < 4.78 is 2.31. The monoisotopic (exact) mass is 474 g/mol. The van der Waals surface area contributed by atoms with E-state index < -0.39 is 0 Å². The van der Waals surface area contributed by atoms with E-state index in [1.165, 1.54) is 47.4 Å². The number of thioether (sulfide) groups is 1. The molecule has 1 aliphatic carbocycles. The van der Waals surface area contributed by atoms with Gasteiger partial charge in [-0.05, 0) is 43.0 Å². The van der Waals surface area contributed by atoms with Crippen molar-refractivity contribution in [2.45, 2.75) is 63.6 Å². The highest BCUT2D eigenvalue weighted by molar-refractivity contribution is 7.99. The van der Waals surface area contributed by atoms with Crippen molar-refractivity contribution in [2.24, 2.45) is 0 Å². The molecular weight excluding hydrogens is 444 g/mol. The molecular formula is C26H30N6OS. The van der Waals surface area contributed by atoms with Gasteiger partial charge in [0.15, 0.2) is 5.16 Å². The second-order valence-electron chi connectivity index (χ2n) is 9.02. The van der Waals surface area contributed by atoms with Crippen LogP contribution >= 0.6 is 11.8 Å². The predicted octanol–water partition coefficient (Wildman–Crippen LogP) is 5.60. The fraction of sp³-hybridized carbons (Fsp3) is 0.385. The van der Waals surface area contributed by atoms with Crippen LogP contribution in [0.25, 0.3) is 10.8 Å². The maximum Gasteiger partial charge on any atom is 0.234 e. The summed E-state index contributed by atoms with van der Waals surface area (Å²) in [6, 6.07) is 15.3. The lowest BCUT2D eigenvalue weighted by molar-refractivity contribution is -0.113. The molecule has 1 saturated carbocycles. The average molecular weight is 475 g/mol. The van der Waals surface area contributed by atoms with E-state index in [4.69, 9.17) is 0 Å². The van der Waals surface area contributed by atoms with E-state index in [1.54, 1.807) is 0 Å². The van der Waals surface area contributed by atoms with Gasteiger partial charge in [0.2, 0.25) is 5.91 Å². The molecule has 2 aromatic heterocycles. The molecule has 0 aliphatic heterocycles. The molecule has 176 valence electrons. The summed E-state index contributed by atoms with van der Waals surface area (Å²) in [5, 5.41) is 22.5. The Morgan fingerprint density at radius 1 is 1.09 bits per heavy atom. The molecule has 2 heterocycles. The highest BCUT2D eigenvalue weighted by Crippen LogP contribution is 2.34. The molecule has 2 aromatic carbocycles. The number of fused-ring (bicyclic) bond motifs is 1. The van der Waals surface area contributed by atoms with Crippen LogP contribution in [0.5, 0.6) is 0 Å². The first kappa shape index (κ1) is 22.7. The van der Waals surface area contributed by atoms with Gasteiger partial charge in [-0.2, -0.15) is 5.10 Å². The zero-order valence-corrected chi connectivity index (χ0v) is 20.5. The zero-order chi connectivity index (χ0) is 23.5. The Morgan fingerprint density at radius 2 is 1.88 bits per heavy atom. The number of anilines is 1. The molecule has 7 nitrogen and oxygen atoms in total. The second kappa shape index (κ2) is 10.0. The lowest BCUT2D eigenvalue weighted by Crippen LogP contribution is -2.19. The number of carbonyl (C=O) groups is 1. The number of carbonyl (C=O) groups excluding carboxylic acids is 1. The van der Waals surface area contributed by atoms with Gasteiger partial charge in [-0.25, -0.2) is 0 Å². The van der Waals surface area contributed by atoms with Gasteiger partial charge < -0.3 is 9.88 Å². The van der Waals surface area contributed by atoms with E-state index in [-0.39, 0.29) is 11.7 Å². The standard InChI is InChI=1S/C26H30N6OS/c1-17-25(18(2)29-28-17)27-24(33)16-34-26-31-30-23(32(26)21-12-4-3-5-13-21)15-20-11-8-10-19-9-6-7-14-22(19)20/h6-11,14,21H,3-5,12-13,15-16H2,1-2H3,(H,27,33)(H,28,29). The van der Waals surface area contributed by atoms with Crippen LogP contribution in [0.3, 0.4) is 0 Å². The molecule has 0 saturated heterocycles. The number of nitrogens with one attached hydrogen (secondary N) is 2. The van der Waals surface area contributed by atoms with E-state index in [0.717, 1.165) is 47.3 Å². The molecule has 0 radical (unpaired) electrons. The van der Waals surface area contributed by atoms with Crippen LogP contribution in [0, 0.1) is 13.8 Å². The largest absolute Gasteiger partial charge is 0.322 e. The van der Waals surface area contributed by atoms with Crippen LogP contribution in [-0.4, -0.2) is 36.6 Å². The Labute approximate surface area is 203 Å². The van der Waals surface area contributed by atoms with E-state index in [0.29, 0.717) is 6.04 Å². The third kappa shape index (κ3) is 4.73. The van der Waals surface area contributed by atoms with Gasteiger partial charge in [0.1, 0.15) is 5.82 Å². The van der Waals surface area contributed by atoms with E-state index in [1.807, 2.05) is 13.8 Å². The summed E-state index contributed by atoms with van der Waals surface area (Å²) >= 11 is 1.46. The number of hydrogen-bond donors (Lipinski definition) is 2. The van der Waals surface area contributed by atoms with Crippen molar-refractivity contribution in [1.29, 1.82) is 0 Å². The Balaban J connectivity index is 1.38. The number of H-pyrrole nitrogens is 1. The van der Waals surface area contributed by atoms with Gasteiger partial charge in [-0.1, -0.05) is 73.5 Å². The minimum Gasteiger partial charge on any atom is -0.322 e. The Hall–Kier alpha value is -3.13. The maximum atomic E-state index is 12.7. The summed E-state index contributed by atoms with van der Waals surface area (Å²) in [6.07, 6.45) is 6.72. The SMILES string of the molecule is Cc1n[nH]c(C)c1NC(=O)CSc1nnc(Cc2cccc3ccccc23)n1C1CCCCC1. The molecule has 1 amide bonds. The van der Waals surface area contributed by atoms with Crippen LogP contribution in [0.2, 0.25) is 0 Å². The van der Waals surface area contributed by atoms with Crippen LogP contribution in [0.4, 0.5) is 5.69 Å². The number of aromatic amines is 1. The molecule has 34 heavy (non-hydrogen) atoms. The van der Waals surface area contributed by atoms with Crippen LogP contribution in [-0.2, 0) is 11.2 Å². The Bertz CT molecular complexity index is 1280. The van der Waals surface area contributed by atoms with Crippen LogP contribution < -0.4 is 5.32 Å². The average Bonchev–Trinajstić information content (AvgIpc) is 3.41. The summed E-state index contributed by atoms with van der Waals surface area (Å²) in [5.74, 6) is 1.20. The minimum absolute atomic E-state index is 0.0635. The van der Waals surface area contributed by atoms with Gasteiger partial charge in [-0.3, -0.25) is 9.89 Å². The summed E-state index contributed by atoms with van der Waals surface area (Å²) in [4.78, 5) is 12.7. The molecule has 4 aromatic rings. The molecule has 8 heteroatoms. The number of amides is 1. The van der Waals surface area contributed by atoms with Crippen molar-refractivity contribution in [3.8, 4) is 0 Å². The van der Waals surface area contributed by atoms with Gasteiger partial charge >= 0.3 is 0 Å². The summed E-state index contributed by atoms with van der Waals surface area (Å²) in [7, 11) is 0. The first-order chi connectivity index (χ1) is 16.6. The topological polar surface area (TPSA) is 88.5 Å². The summed E-state index contributed by atoms with van der Waals surface area (Å²) in [5.41, 5.74) is 3.66. The van der Waals surface area contributed by atoms with Gasteiger partial charge in [0.05, 0.1) is 22.8 Å². The van der Waals surface area contributed by atoms with E-state index in [2.05, 4.69) is 72.7 Å². The summed E-state index contributed by atoms with van der Waals surface area (Å²) in [6.45, 7) is 3.79. The number of hydrogen-bond acceptors (Lipinski definition) is 5. The molecule has 2 N–H and O–H groups in total. The lowest BCUT2D eigenvalue weighted by Gasteiger charge is -2.25. The van der Waals surface area contributed by atoms with Gasteiger partial charge in [0.25, 0.3) is 0 Å². The third-order valence-corrected chi connectivity index (χ3v) is 7.57. The van der Waals surface area contributed by atoms with Crippen molar-refractivity contribution in [3.63, 3.8) is 0 Å².